The van der Waals surface area contributed by atoms with Gasteiger partial charge in [0.05, 0.1) is 0 Å². The number of ether oxygens (including phenoxy) is 1. The minimum atomic E-state index is -0.364. The maximum absolute atomic E-state index is 6.38. The van der Waals surface area contributed by atoms with Gasteiger partial charge in [0.2, 0.25) is 11.0 Å². The smallest absolute Gasteiger partial charge is 0.247 e. The molecule has 0 fully saturated rings. The molecule has 0 amide bonds. The van der Waals surface area contributed by atoms with Gasteiger partial charge in [0.25, 0.3) is 0 Å². The lowest BCUT2D eigenvalue weighted by atomic mass is 9.98. The van der Waals surface area contributed by atoms with Crippen LogP contribution in [0, 0.1) is 20.8 Å². The summed E-state index contributed by atoms with van der Waals surface area (Å²) in [5, 5.41) is 12.8. The summed E-state index contributed by atoms with van der Waals surface area (Å²) in [6.07, 6.45) is 1.45. The lowest BCUT2D eigenvalue weighted by Gasteiger charge is -2.23. The largest absolute Gasteiger partial charge is 0.448 e. The number of aryl methyl sites for hydroxylation is 3. The maximum atomic E-state index is 6.38. The summed E-state index contributed by atoms with van der Waals surface area (Å²) in [5.41, 5.74) is 7.25. The van der Waals surface area contributed by atoms with E-state index in [0.717, 1.165) is 22.6 Å². The third-order valence-corrected chi connectivity index (χ3v) is 5.50. The first-order chi connectivity index (χ1) is 13.6. The van der Waals surface area contributed by atoms with Crippen LogP contribution in [0.3, 0.4) is 0 Å². The van der Waals surface area contributed by atoms with Gasteiger partial charge >= 0.3 is 0 Å². The van der Waals surface area contributed by atoms with Gasteiger partial charge in [-0.05, 0) is 38.0 Å². The van der Waals surface area contributed by atoms with Gasteiger partial charge in [-0.1, -0.05) is 53.7 Å². The first-order valence-corrected chi connectivity index (χ1v) is 10.1. The predicted molar refractivity (Wildman–Crippen MR) is 114 cm³/mol. The highest BCUT2D eigenvalue weighted by atomic mass is 32.2. The molecule has 1 N–H and O–H groups in total. The molecule has 4 rings (SSSR count). The Morgan fingerprint density at radius 3 is 2.64 bits per heavy atom. The van der Waals surface area contributed by atoms with E-state index in [9.17, 15) is 0 Å². The van der Waals surface area contributed by atoms with Gasteiger partial charge < -0.3 is 10.1 Å². The van der Waals surface area contributed by atoms with Gasteiger partial charge in [-0.3, -0.25) is 0 Å². The van der Waals surface area contributed by atoms with E-state index in [0.29, 0.717) is 16.7 Å². The Morgan fingerprint density at radius 2 is 1.89 bits per heavy atom. The van der Waals surface area contributed by atoms with Crippen molar-refractivity contribution in [3.8, 4) is 17.1 Å². The van der Waals surface area contributed by atoms with E-state index < -0.39 is 0 Å². The second-order valence-corrected chi connectivity index (χ2v) is 7.84. The topological polar surface area (TPSA) is 59.9 Å². The van der Waals surface area contributed by atoms with Gasteiger partial charge in [0.15, 0.2) is 11.9 Å². The van der Waals surface area contributed by atoms with Crippen LogP contribution in [0.15, 0.2) is 54.2 Å². The molecule has 1 aliphatic heterocycles. The standard InChI is InChI=1S/C22H22N4OS/c1-5-10-28-22-24-21-19(25-26-22)16-8-6-7-9-17(16)23-20(27-21)18-14(3)11-13(2)12-15(18)4/h5-9,11-12,20,23H,1,10H2,2-4H3/t20-/m0/s1. The van der Waals surface area contributed by atoms with Gasteiger partial charge in [-0.25, -0.2) is 0 Å². The number of benzene rings is 2. The number of hydrogen-bond acceptors (Lipinski definition) is 6. The molecule has 0 radical (unpaired) electrons. The molecule has 0 saturated carbocycles. The fraction of sp³-hybridized carbons (Fsp3) is 0.227. The zero-order valence-electron chi connectivity index (χ0n) is 16.2. The van der Waals surface area contributed by atoms with Crippen molar-refractivity contribution in [3.63, 3.8) is 0 Å². The average molecular weight is 391 g/mol. The van der Waals surface area contributed by atoms with Crippen molar-refractivity contribution in [1.29, 1.82) is 0 Å². The Balaban J connectivity index is 1.85. The van der Waals surface area contributed by atoms with Crippen LogP contribution in [0.2, 0.25) is 0 Å². The predicted octanol–water partition coefficient (Wildman–Crippen LogP) is 5.25. The van der Waals surface area contributed by atoms with E-state index in [-0.39, 0.29) is 6.23 Å². The molecular formula is C22H22N4OS. The summed E-state index contributed by atoms with van der Waals surface area (Å²) in [6, 6.07) is 12.4. The van der Waals surface area contributed by atoms with Crippen molar-refractivity contribution in [2.45, 2.75) is 32.2 Å². The molecule has 0 aliphatic carbocycles. The monoisotopic (exact) mass is 390 g/mol. The minimum Gasteiger partial charge on any atom is -0.448 e. The molecule has 1 atom stereocenters. The van der Waals surface area contributed by atoms with Crippen LogP contribution in [-0.2, 0) is 0 Å². The van der Waals surface area contributed by atoms with Crippen LogP contribution < -0.4 is 10.1 Å². The highest BCUT2D eigenvalue weighted by Crippen LogP contribution is 2.40. The van der Waals surface area contributed by atoms with Gasteiger partial charge in [-0.2, -0.15) is 4.98 Å². The van der Waals surface area contributed by atoms with Crippen molar-refractivity contribution in [3.05, 3.63) is 71.3 Å². The normalized spacial score (nSPS) is 14.9. The summed E-state index contributed by atoms with van der Waals surface area (Å²) in [7, 11) is 0. The molecule has 0 spiro atoms. The molecule has 5 nitrogen and oxygen atoms in total. The number of thioether (sulfide) groups is 1. The minimum absolute atomic E-state index is 0.364. The van der Waals surface area contributed by atoms with Crippen molar-refractivity contribution in [2.75, 3.05) is 11.1 Å². The summed E-state index contributed by atoms with van der Waals surface area (Å²) in [6.45, 7) is 10.1. The summed E-state index contributed by atoms with van der Waals surface area (Å²) < 4.78 is 6.38. The highest BCUT2D eigenvalue weighted by molar-refractivity contribution is 7.99. The number of hydrogen-bond donors (Lipinski definition) is 1. The average Bonchev–Trinajstić information content (AvgIpc) is 2.81. The van der Waals surface area contributed by atoms with Crippen molar-refractivity contribution in [2.24, 2.45) is 0 Å². The zero-order chi connectivity index (χ0) is 19.7. The molecule has 0 unspecified atom stereocenters. The van der Waals surface area contributed by atoms with Crippen LogP contribution in [0.1, 0.15) is 28.5 Å². The summed E-state index contributed by atoms with van der Waals surface area (Å²) >= 11 is 1.48. The third-order valence-electron chi connectivity index (χ3n) is 4.66. The maximum Gasteiger partial charge on any atom is 0.247 e. The van der Waals surface area contributed by atoms with E-state index in [1.807, 2.05) is 30.3 Å². The van der Waals surface area contributed by atoms with Crippen molar-refractivity contribution in [1.82, 2.24) is 15.2 Å². The molecule has 1 aliphatic rings. The first kappa shape index (κ1) is 18.5. The molecule has 142 valence electrons. The van der Waals surface area contributed by atoms with Crippen molar-refractivity contribution < 1.29 is 4.74 Å². The van der Waals surface area contributed by atoms with Gasteiger partial charge in [0.1, 0.15) is 0 Å². The van der Waals surface area contributed by atoms with Gasteiger partial charge in [-0.15, -0.1) is 16.8 Å². The molecule has 0 bridgehead atoms. The fourth-order valence-corrected chi connectivity index (χ4v) is 4.09. The summed E-state index contributed by atoms with van der Waals surface area (Å²) in [5.74, 6) is 1.21. The van der Waals surface area contributed by atoms with E-state index in [1.165, 1.54) is 28.5 Å². The number of fused-ring (bicyclic) bond motifs is 3. The quantitative estimate of drug-likeness (QED) is 0.485. The lowest BCUT2D eigenvalue weighted by Crippen LogP contribution is -2.19. The van der Waals surface area contributed by atoms with Crippen LogP contribution in [-0.4, -0.2) is 20.9 Å². The molecule has 2 aromatic carbocycles. The van der Waals surface area contributed by atoms with Gasteiger partial charge in [0, 0.05) is 22.6 Å². The second-order valence-electron chi connectivity index (χ2n) is 6.85. The highest BCUT2D eigenvalue weighted by Gasteiger charge is 2.27. The fourth-order valence-electron chi connectivity index (χ4n) is 3.58. The zero-order valence-corrected chi connectivity index (χ0v) is 17.0. The second kappa shape index (κ2) is 7.64. The molecule has 2 heterocycles. The molecule has 3 aromatic rings. The van der Waals surface area contributed by atoms with E-state index in [4.69, 9.17) is 4.74 Å². The summed E-state index contributed by atoms with van der Waals surface area (Å²) in [4.78, 5) is 4.64. The number of nitrogens with one attached hydrogen (secondary N) is 1. The van der Waals surface area contributed by atoms with E-state index >= 15 is 0 Å². The number of nitrogens with zero attached hydrogens (tertiary/aromatic N) is 3. The number of aromatic nitrogens is 3. The molecule has 6 heteroatoms. The molecule has 0 saturated heterocycles. The number of anilines is 1. The SMILES string of the molecule is C=CCSc1nnc2c(n1)O[C@@H](c1c(C)cc(C)cc1C)Nc1ccccc1-2. The lowest BCUT2D eigenvalue weighted by molar-refractivity contribution is 0.224. The Bertz CT molecular complexity index is 1030. The molecule has 1 aromatic heterocycles. The molecule has 28 heavy (non-hydrogen) atoms. The third kappa shape index (κ3) is 3.47. The van der Waals surface area contributed by atoms with E-state index in [1.54, 1.807) is 0 Å². The van der Waals surface area contributed by atoms with Crippen LogP contribution in [0.5, 0.6) is 5.88 Å². The number of para-hydroxylation sites is 1. The molecular weight excluding hydrogens is 368 g/mol. The Kier molecular flexibility index (Phi) is 5.05. The van der Waals surface area contributed by atoms with Crippen molar-refractivity contribution >= 4 is 17.4 Å². The Hall–Kier alpha value is -2.86. The number of rotatable bonds is 4. The first-order valence-electron chi connectivity index (χ1n) is 9.15. The Morgan fingerprint density at radius 1 is 1.14 bits per heavy atom. The van der Waals surface area contributed by atoms with Crippen LogP contribution in [0.25, 0.3) is 11.3 Å². The Labute approximate surface area is 169 Å². The van der Waals surface area contributed by atoms with E-state index in [2.05, 4.69) is 60.0 Å². The van der Waals surface area contributed by atoms with Crippen LogP contribution >= 0.6 is 11.8 Å². The van der Waals surface area contributed by atoms with Crippen LogP contribution in [0.4, 0.5) is 5.69 Å².